The molecule has 25 heavy (non-hydrogen) atoms. The van der Waals surface area contributed by atoms with E-state index in [1.54, 1.807) is 17.0 Å². The average Bonchev–Trinajstić information content (AvgIpc) is 2.86. The first-order valence-electron chi connectivity index (χ1n) is 8.16. The van der Waals surface area contributed by atoms with Crippen molar-refractivity contribution in [3.8, 4) is 0 Å². The maximum absolute atomic E-state index is 12.9. The van der Waals surface area contributed by atoms with Crippen molar-refractivity contribution in [2.75, 3.05) is 37.7 Å². The van der Waals surface area contributed by atoms with Crippen molar-refractivity contribution in [3.05, 3.63) is 41.7 Å². The van der Waals surface area contributed by atoms with Crippen molar-refractivity contribution in [2.45, 2.75) is 12.1 Å². The molecule has 2 saturated heterocycles. The molecule has 2 atom stereocenters. The van der Waals surface area contributed by atoms with Gasteiger partial charge in [-0.3, -0.25) is 14.6 Å². The summed E-state index contributed by atoms with van der Waals surface area (Å²) in [5, 5.41) is 9.03. The zero-order chi connectivity index (χ0) is 18.0. The Balaban J connectivity index is 1.68. The molecule has 1 aromatic carbocycles. The molecule has 0 unspecified atom stereocenters. The van der Waals surface area contributed by atoms with Crippen LogP contribution in [0.1, 0.15) is 5.56 Å². The second-order valence-electron chi connectivity index (χ2n) is 6.52. The van der Waals surface area contributed by atoms with E-state index >= 15 is 0 Å². The van der Waals surface area contributed by atoms with Gasteiger partial charge in [-0.2, -0.15) is 0 Å². The van der Waals surface area contributed by atoms with Crippen LogP contribution in [0.4, 0.5) is 4.39 Å². The molecule has 0 spiro atoms. The van der Waals surface area contributed by atoms with E-state index in [1.165, 1.54) is 12.1 Å². The van der Waals surface area contributed by atoms with Gasteiger partial charge in [0.05, 0.1) is 18.1 Å². The molecule has 2 aliphatic heterocycles. The summed E-state index contributed by atoms with van der Waals surface area (Å²) < 4.78 is 37.0. The minimum atomic E-state index is -3.15. The van der Waals surface area contributed by atoms with Crippen LogP contribution in [-0.4, -0.2) is 79.1 Å². The summed E-state index contributed by atoms with van der Waals surface area (Å²) in [5.74, 6) is -1.14. The van der Waals surface area contributed by atoms with E-state index in [1.807, 2.05) is 12.2 Å². The summed E-state index contributed by atoms with van der Waals surface area (Å²) >= 11 is 0. The van der Waals surface area contributed by atoms with E-state index in [-0.39, 0.29) is 36.0 Å². The van der Waals surface area contributed by atoms with Gasteiger partial charge in [0.2, 0.25) is 0 Å². The van der Waals surface area contributed by atoms with Gasteiger partial charge in [0.1, 0.15) is 5.82 Å². The molecule has 2 aliphatic rings. The number of piperazine rings is 1. The molecule has 0 bridgehead atoms. The smallest absolute Gasteiger partial charge is 0.317 e. The highest BCUT2D eigenvalue weighted by atomic mass is 32.2. The number of rotatable bonds is 5. The molecule has 1 N–H and O–H groups in total. The standard InChI is InChI=1S/C17H21FN2O4S/c18-14-5-3-13(4-6-14)2-1-7-19-8-9-20(10-17(21)22)16-12-25(23,24)11-15(16)19/h1-6,15-16H,7-12H2,(H,21,22)/t15-,16+/m0/s1. The minimum absolute atomic E-state index is 0.0170. The number of hydrogen-bond donors (Lipinski definition) is 1. The fraction of sp³-hybridized carbons (Fsp3) is 0.471. The Morgan fingerprint density at radius 2 is 1.76 bits per heavy atom. The summed E-state index contributed by atoms with van der Waals surface area (Å²) in [4.78, 5) is 14.9. The lowest BCUT2D eigenvalue weighted by Gasteiger charge is -2.42. The maximum Gasteiger partial charge on any atom is 0.317 e. The minimum Gasteiger partial charge on any atom is -0.480 e. The number of nitrogens with zero attached hydrogens (tertiary/aromatic N) is 2. The van der Waals surface area contributed by atoms with E-state index in [9.17, 15) is 17.6 Å². The van der Waals surface area contributed by atoms with Crippen LogP contribution in [0, 0.1) is 5.82 Å². The van der Waals surface area contributed by atoms with Gasteiger partial charge in [0, 0.05) is 31.7 Å². The molecule has 2 heterocycles. The van der Waals surface area contributed by atoms with Gasteiger partial charge in [-0.1, -0.05) is 24.3 Å². The van der Waals surface area contributed by atoms with E-state index in [0.29, 0.717) is 19.6 Å². The fourth-order valence-corrected chi connectivity index (χ4v) is 5.63. The van der Waals surface area contributed by atoms with Gasteiger partial charge >= 0.3 is 5.97 Å². The Morgan fingerprint density at radius 3 is 2.40 bits per heavy atom. The van der Waals surface area contributed by atoms with Crippen molar-refractivity contribution in [3.63, 3.8) is 0 Å². The number of benzene rings is 1. The summed E-state index contributed by atoms with van der Waals surface area (Å²) in [5.41, 5.74) is 0.876. The predicted octanol–water partition coefficient (Wildman–Crippen LogP) is 0.707. The van der Waals surface area contributed by atoms with E-state index in [4.69, 9.17) is 5.11 Å². The van der Waals surface area contributed by atoms with Crippen molar-refractivity contribution >= 4 is 21.9 Å². The number of aliphatic carboxylic acids is 1. The van der Waals surface area contributed by atoms with Crippen LogP contribution in [0.2, 0.25) is 0 Å². The second-order valence-corrected chi connectivity index (χ2v) is 8.68. The Morgan fingerprint density at radius 1 is 1.16 bits per heavy atom. The fourth-order valence-electron chi connectivity index (χ4n) is 3.59. The summed E-state index contributed by atoms with van der Waals surface area (Å²) in [6, 6.07) is 5.69. The maximum atomic E-state index is 12.9. The van der Waals surface area contributed by atoms with E-state index < -0.39 is 15.8 Å². The van der Waals surface area contributed by atoms with Crippen LogP contribution in [-0.2, 0) is 14.6 Å². The number of fused-ring (bicyclic) bond motifs is 1. The lowest BCUT2D eigenvalue weighted by Crippen LogP contribution is -2.59. The predicted molar refractivity (Wildman–Crippen MR) is 92.4 cm³/mol. The van der Waals surface area contributed by atoms with Gasteiger partial charge < -0.3 is 5.11 Å². The van der Waals surface area contributed by atoms with Gasteiger partial charge in [0.15, 0.2) is 9.84 Å². The van der Waals surface area contributed by atoms with E-state index in [0.717, 1.165) is 5.56 Å². The first-order valence-corrected chi connectivity index (χ1v) is 9.99. The summed E-state index contributed by atoms with van der Waals surface area (Å²) in [7, 11) is -3.15. The lowest BCUT2D eigenvalue weighted by atomic mass is 10.0. The SMILES string of the molecule is O=C(O)CN1CCN(CC=Cc2ccc(F)cc2)[C@H]2CS(=O)(=O)C[C@H]21. The van der Waals surface area contributed by atoms with Gasteiger partial charge in [-0.05, 0) is 17.7 Å². The molecular weight excluding hydrogens is 347 g/mol. The molecule has 0 amide bonds. The summed E-state index contributed by atoms with van der Waals surface area (Å²) in [6.07, 6.45) is 3.81. The Hall–Kier alpha value is -1.77. The quantitative estimate of drug-likeness (QED) is 0.825. The monoisotopic (exact) mass is 368 g/mol. The molecule has 0 radical (unpaired) electrons. The van der Waals surface area contributed by atoms with Crippen LogP contribution in [0.5, 0.6) is 0 Å². The topological polar surface area (TPSA) is 77.9 Å². The first-order chi connectivity index (χ1) is 11.8. The first kappa shape index (κ1) is 18.0. The number of carbonyl (C=O) groups is 1. The molecule has 0 aliphatic carbocycles. The van der Waals surface area contributed by atoms with Crippen molar-refractivity contribution in [1.29, 1.82) is 0 Å². The molecule has 2 fully saturated rings. The Labute approximate surface area is 146 Å². The highest BCUT2D eigenvalue weighted by molar-refractivity contribution is 7.91. The average molecular weight is 368 g/mol. The highest BCUT2D eigenvalue weighted by Crippen LogP contribution is 2.26. The van der Waals surface area contributed by atoms with E-state index in [2.05, 4.69) is 4.90 Å². The number of sulfone groups is 1. The van der Waals surface area contributed by atoms with Gasteiger partial charge in [-0.15, -0.1) is 0 Å². The zero-order valence-corrected chi connectivity index (χ0v) is 14.5. The normalized spacial score (nSPS) is 26.8. The van der Waals surface area contributed by atoms with Crippen LogP contribution < -0.4 is 0 Å². The number of hydrogen-bond acceptors (Lipinski definition) is 5. The number of halogens is 1. The molecule has 6 nitrogen and oxygen atoms in total. The largest absolute Gasteiger partial charge is 0.480 e. The molecule has 0 aromatic heterocycles. The van der Waals surface area contributed by atoms with Gasteiger partial charge in [-0.25, -0.2) is 12.8 Å². The van der Waals surface area contributed by atoms with Gasteiger partial charge in [0.25, 0.3) is 0 Å². The highest BCUT2D eigenvalue weighted by Gasteiger charge is 2.46. The van der Waals surface area contributed by atoms with Crippen molar-refractivity contribution < 1.29 is 22.7 Å². The molecular formula is C17H21FN2O4S. The second kappa shape index (κ2) is 7.23. The molecule has 8 heteroatoms. The third-order valence-electron chi connectivity index (χ3n) is 4.76. The Bertz CT molecular complexity index is 763. The molecule has 0 saturated carbocycles. The summed E-state index contributed by atoms with van der Waals surface area (Å²) in [6.45, 7) is 1.61. The van der Waals surface area contributed by atoms with Crippen molar-refractivity contribution in [2.24, 2.45) is 0 Å². The molecule has 3 rings (SSSR count). The van der Waals surface area contributed by atoms with Crippen LogP contribution in [0.3, 0.4) is 0 Å². The third kappa shape index (κ3) is 4.45. The van der Waals surface area contributed by atoms with Crippen LogP contribution >= 0.6 is 0 Å². The van der Waals surface area contributed by atoms with Crippen molar-refractivity contribution in [1.82, 2.24) is 9.80 Å². The molecule has 136 valence electrons. The third-order valence-corrected chi connectivity index (χ3v) is 6.46. The lowest BCUT2D eigenvalue weighted by molar-refractivity contribution is -0.139. The van der Waals surface area contributed by atoms with Crippen LogP contribution in [0.25, 0.3) is 6.08 Å². The molecule has 1 aromatic rings. The van der Waals surface area contributed by atoms with Crippen LogP contribution in [0.15, 0.2) is 30.3 Å². The number of carboxylic acid groups (broad SMARTS) is 1. The zero-order valence-electron chi connectivity index (χ0n) is 13.7. The Kier molecular flexibility index (Phi) is 5.21. The number of carboxylic acids is 1.